The number of rotatable bonds is 2. The molecule has 0 fully saturated rings. The molecule has 1 N–H and O–H groups in total. The van der Waals surface area contributed by atoms with Crippen molar-refractivity contribution in [2.24, 2.45) is 0 Å². The van der Waals surface area contributed by atoms with Gasteiger partial charge in [0.2, 0.25) is 0 Å². The summed E-state index contributed by atoms with van der Waals surface area (Å²) >= 11 is 5.83. The molecule has 3 rings (SSSR count). The van der Waals surface area contributed by atoms with Crippen LogP contribution in [0.3, 0.4) is 0 Å². The van der Waals surface area contributed by atoms with Gasteiger partial charge in [0.15, 0.2) is 0 Å². The second-order valence-corrected chi connectivity index (χ2v) is 5.09. The van der Waals surface area contributed by atoms with Crippen LogP contribution in [0.1, 0.15) is 16.1 Å². The van der Waals surface area contributed by atoms with E-state index in [2.05, 4.69) is 15.3 Å². The molecule has 104 valence electrons. The number of nitrogens with one attached hydrogen (secondary N) is 1. The summed E-state index contributed by atoms with van der Waals surface area (Å²) in [7, 11) is 0. The molecular formula is C16H12ClN3O. The first-order valence-corrected chi connectivity index (χ1v) is 6.79. The van der Waals surface area contributed by atoms with Gasteiger partial charge in [-0.05, 0) is 43.3 Å². The minimum atomic E-state index is -0.193. The molecule has 1 amide bonds. The predicted octanol–water partition coefficient (Wildman–Crippen LogP) is 3.84. The summed E-state index contributed by atoms with van der Waals surface area (Å²) in [5.41, 5.74) is 2.68. The number of anilines is 1. The Morgan fingerprint density at radius 2 is 1.95 bits per heavy atom. The highest BCUT2D eigenvalue weighted by molar-refractivity contribution is 6.30. The second kappa shape index (κ2) is 5.50. The number of aromatic nitrogens is 2. The van der Waals surface area contributed by atoms with E-state index < -0.39 is 0 Å². The zero-order valence-corrected chi connectivity index (χ0v) is 12.1. The minimum Gasteiger partial charge on any atom is -0.322 e. The van der Waals surface area contributed by atoms with Gasteiger partial charge >= 0.3 is 0 Å². The number of fused-ring (bicyclic) bond motifs is 1. The van der Waals surface area contributed by atoms with Crippen molar-refractivity contribution in [2.75, 3.05) is 5.32 Å². The number of halogens is 1. The Morgan fingerprint density at radius 3 is 2.71 bits per heavy atom. The van der Waals surface area contributed by atoms with E-state index in [0.29, 0.717) is 22.0 Å². The molecule has 3 aromatic rings. The summed E-state index contributed by atoms with van der Waals surface area (Å²) in [5, 5.41) is 4.35. The lowest BCUT2D eigenvalue weighted by Crippen LogP contribution is -2.14. The molecule has 0 radical (unpaired) electrons. The molecule has 4 nitrogen and oxygen atoms in total. The maximum Gasteiger partial charge on any atom is 0.257 e. The number of amides is 1. The third-order valence-corrected chi connectivity index (χ3v) is 3.41. The number of hydrogen-bond donors (Lipinski definition) is 1. The first-order valence-electron chi connectivity index (χ1n) is 6.42. The summed E-state index contributed by atoms with van der Waals surface area (Å²) < 4.78 is 0. The lowest BCUT2D eigenvalue weighted by Gasteiger charge is -2.08. The summed E-state index contributed by atoms with van der Waals surface area (Å²) in [4.78, 5) is 20.8. The molecule has 1 aromatic carbocycles. The van der Waals surface area contributed by atoms with Gasteiger partial charge in [0.1, 0.15) is 0 Å². The van der Waals surface area contributed by atoms with Crippen LogP contribution in [0.15, 0.2) is 48.8 Å². The molecular weight excluding hydrogens is 286 g/mol. The second-order valence-electron chi connectivity index (χ2n) is 4.65. The Hall–Kier alpha value is -2.46. The van der Waals surface area contributed by atoms with Crippen LogP contribution in [0.4, 0.5) is 5.69 Å². The number of carbonyl (C=O) groups excluding carboxylic acids is 1. The van der Waals surface area contributed by atoms with Crippen molar-refractivity contribution < 1.29 is 4.79 Å². The van der Waals surface area contributed by atoms with Gasteiger partial charge in [-0.25, -0.2) is 0 Å². The van der Waals surface area contributed by atoms with Crippen molar-refractivity contribution in [1.29, 1.82) is 0 Å². The summed E-state index contributed by atoms with van der Waals surface area (Å²) in [5.74, 6) is -0.193. The third-order valence-electron chi connectivity index (χ3n) is 3.16. The molecule has 0 unspecified atom stereocenters. The Bertz CT molecular complexity index is 815. The van der Waals surface area contributed by atoms with Crippen LogP contribution in [-0.2, 0) is 0 Å². The normalized spacial score (nSPS) is 10.6. The summed E-state index contributed by atoms with van der Waals surface area (Å²) in [6.07, 6.45) is 3.36. The standard InChI is InChI=1S/C16H12ClN3O/c1-10-14(8-11-6-7-18-9-15(11)19-10)16(21)20-13-4-2-12(17)3-5-13/h2-9H,1H3,(H,20,21). The number of nitrogens with zero attached hydrogens (tertiary/aromatic N) is 2. The number of benzene rings is 1. The van der Waals surface area contributed by atoms with Crippen LogP contribution in [0.5, 0.6) is 0 Å². The van der Waals surface area contributed by atoms with Gasteiger partial charge in [0.25, 0.3) is 5.91 Å². The van der Waals surface area contributed by atoms with E-state index in [1.165, 1.54) is 0 Å². The first kappa shape index (κ1) is 13.5. The lowest BCUT2D eigenvalue weighted by atomic mass is 10.1. The van der Waals surface area contributed by atoms with Crippen molar-refractivity contribution in [3.8, 4) is 0 Å². The largest absolute Gasteiger partial charge is 0.322 e. The van der Waals surface area contributed by atoms with Crippen LogP contribution < -0.4 is 5.32 Å². The molecule has 2 heterocycles. The van der Waals surface area contributed by atoms with Gasteiger partial charge in [-0.1, -0.05) is 11.6 Å². The zero-order chi connectivity index (χ0) is 14.8. The fourth-order valence-electron chi connectivity index (χ4n) is 2.07. The van der Waals surface area contributed by atoms with E-state index in [-0.39, 0.29) is 5.91 Å². The number of hydrogen-bond acceptors (Lipinski definition) is 3. The number of pyridine rings is 2. The lowest BCUT2D eigenvalue weighted by molar-refractivity contribution is 0.102. The maximum atomic E-state index is 12.4. The van der Waals surface area contributed by atoms with Crippen molar-refractivity contribution in [2.45, 2.75) is 6.92 Å². The average Bonchev–Trinajstić information content (AvgIpc) is 2.49. The number of aryl methyl sites for hydroxylation is 1. The summed E-state index contributed by atoms with van der Waals surface area (Å²) in [6.45, 7) is 1.81. The third kappa shape index (κ3) is 2.85. The van der Waals surface area contributed by atoms with E-state index >= 15 is 0 Å². The SMILES string of the molecule is Cc1nc2cnccc2cc1C(=O)Nc1ccc(Cl)cc1. The Balaban J connectivity index is 1.93. The molecule has 5 heteroatoms. The fourth-order valence-corrected chi connectivity index (χ4v) is 2.20. The predicted molar refractivity (Wildman–Crippen MR) is 83.7 cm³/mol. The van der Waals surface area contributed by atoms with Crippen LogP contribution in [0, 0.1) is 6.92 Å². The van der Waals surface area contributed by atoms with Crippen molar-refractivity contribution >= 4 is 34.1 Å². The van der Waals surface area contributed by atoms with E-state index in [1.54, 1.807) is 36.7 Å². The van der Waals surface area contributed by atoms with Crippen LogP contribution in [-0.4, -0.2) is 15.9 Å². The quantitative estimate of drug-likeness (QED) is 0.782. The van der Waals surface area contributed by atoms with Crippen LogP contribution in [0.2, 0.25) is 5.02 Å². The first-order chi connectivity index (χ1) is 10.1. The zero-order valence-electron chi connectivity index (χ0n) is 11.3. The van der Waals surface area contributed by atoms with Gasteiger partial charge in [0.05, 0.1) is 23.0 Å². The molecule has 0 saturated heterocycles. The van der Waals surface area contributed by atoms with Crippen molar-refractivity contribution in [1.82, 2.24) is 9.97 Å². The average molecular weight is 298 g/mol. The molecule has 0 aliphatic rings. The molecule has 0 aliphatic heterocycles. The summed E-state index contributed by atoms with van der Waals surface area (Å²) in [6, 6.07) is 10.6. The monoisotopic (exact) mass is 297 g/mol. The fraction of sp³-hybridized carbons (Fsp3) is 0.0625. The number of carbonyl (C=O) groups is 1. The van der Waals surface area contributed by atoms with Gasteiger partial charge in [0, 0.05) is 22.3 Å². The molecule has 0 atom stereocenters. The topological polar surface area (TPSA) is 54.9 Å². The highest BCUT2D eigenvalue weighted by Gasteiger charge is 2.12. The Labute approximate surface area is 126 Å². The van der Waals surface area contributed by atoms with E-state index in [9.17, 15) is 4.79 Å². The van der Waals surface area contributed by atoms with E-state index in [0.717, 1.165) is 10.9 Å². The molecule has 0 aliphatic carbocycles. The van der Waals surface area contributed by atoms with E-state index in [1.807, 2.05) is 19.1 Å². The van der Waals surface area contributed by atoms with Gasteiger partial charge in [-0.3, -0.25) is 14.8 Å². The molecule has 0 spiro atoms. The van der Waals surface area contributed by atoms with Crippen molar-refractivity contribution in [3.05, 3.63) is 65.1 Å². The van der Waals surface area contributed by atoms with Gasteiger partial charge in [-0.15, -0.1) is 0 Å². The smallest absolute Gasteiger partial charge is 0.257 e. The minimum absolute atomic E-state index is 0.193. The molecule has 0 bridgehead atoms. The van der Waals surface area contributed by atoms with Crippen LogP contribution in [0.25, 0.3) is 10.9 Å². The van der Waals surface area contributed by atoms with Gasteiger partial charge in [-0.2, -0.15) is 0 Å². The Kier molecular flexibility index (Phi) is 3.54. The molecule has 2 aromatic heterocycles. The molecule has 21 heavy (non-hydrogen) atoms. The highest BCUT2D eigenvalue weighted by Crippen LogP contribution is 2.18. The van der Waals surface area contributed by atoms with Gasteiger partial charge < -0.3 is 5.32 Å². The highest BCUT2D eigenvalue weighted by atomic mass is 35.5. The maximum absolute atomic E-state index is 12.4. The van der Waals surface area contributed by atoms with Crippen molar-refractivity contribution in [3.63, 3.8) is 0 Å². The Morgan fingerprint density at radius 1 is 1.19 bits per heavy atom. The van der Waals surface area contributed by atoms with E-state index in [4.69, 9.17) is 11.6 Å². The molecule has 0 saturated carbocycles. The van der Waals surface area contributed by atoms with Crippen LogP contribution >= 0.6 is 11.6 Å².